The largest absolute Gasteiger partial charge is 0.443 e. The van der Waals surface area contributed by atoms with Gasteiger partial charge in [-0.1, -0.05) is 6.92 Å². The number of carbonyl (C=O) groups excluding carboxylic acids is 3. The van der Waals surface area contributed by atoms with Gasteiger partial charge in [0.15, 0.2) is 5.78 Å². The lowest BCUT2D eigenvalue weighted by Crippen LogP contribution is -2.45. The van der Waals surface area contributed by atoms with Crippen LogP contribution in [0, 0.1) is 0 Å². The van der Waals surface area contributed by atoms with Crippen molar-refractivity contribution < 1.29 is 19.1 Å². The third-order valence-electron chi connectivity index (χ3n) is 2.52. The minimum atomic E-state index is -0.716. The highest BCUT2D eigenvalue weighted by molar-refractivity contribution is 6.01. The second kappa shape index (κ2) is 4.85. The number of nitrogens with zero attached hydrogens (tertiary/aromatic N) is 1. The fourth-order valence-electron chi connectivity index (χ4n) is 1.76. The van der Waals surface area contributed by atoms with Gasteiger partial charge in [-0.25, -0.2) is 9.69 Å². The van der Waals surface area contributed by atoms with E-state index < -0.39 is 17.7 Å². The maximum atomic E-state index is 11.8. The zero-order valence-corrected chi connectivity index (χ0v) is 10.8. The Kier molecular flexibility index (Phi) is 3.91. The Morgan fingerprint density at radius 3 is 2.47 bits per heavy atom. The van der Waals surface area contributed by atoms with E-state index >= 15 is 0 Å². The molecular formula is C12H19NO4. The van der Waals surface area contributed by atoms with Gasteiger partial charge in [-0.05, 0) is 27.2 Å². The summed E-state index contributed by atoms with van der Waals surface area (Å²) in [5.74, 6) is -0.423. The molecule has 1 unspecified atom stereocenters. The van der Waals surface area contributed by atoms with Crippen molar-refractivity contribution in [2.75, 3.05) is 0 Å². The quantitative estimate of drug-likeness (QED) is 0.740. The molecule has 1 saturated heterocycles. The molecule has 0 spiro atoms. The standard InChI is InChI=1S/C12H19NO4/c1-5-9(14)8-6-7-10(15)13(8)11(16)17-12(2,3)4/h8H,5-7H2,1-4H3. The monoisotopic (exact) mass is 241 g/mol. The summed E-state index contributed by atoms with van der Waals surface area (Å²) in [6.45, 7) is 6.89. The Hall–Kier alpha value is -1.39. The van der Waals surface area contributed by atoms with Crippen LogP contribution in [-0.4, -0.2) is 34.3 Å². The highest BCUT2D eigenvalue weighted by Crippen LogP contribution is 2.23. The van der Waals surface area contributed by atoms with Crippen LogP contribution in [-0.2, 0) is 14.3 Å². The lowest BCUT2D eigenvalue weighted by atomic mass is 10.1. The number of hydrogen-bond donors (Lipinski definition) is 0. The van der Waals surface area contributed by atoms with E-state index in [2.05, 4.69) is 0 Å². The van der Waals surface area contributed by atoms with Crippen LogP contribution in [0.3, 0.4) is 0 Å². The minimum absolute atomic E-state index is 0.0956. The van der Waals surface area contributed by atoms with Crippen LogP contribution in [0.15, 0.2) is 0 Å². The van der Waals surface area contributed by atoms with E-state index in [-0.39, 0.29) is 18.1 Å². The molecule has 1 fully saturated rings. The first-order chi connectivity index (χ1) is 7.76. The maximum absolute atomic E-state index is 11.8. The van der Waals surface area contributed by atoms with Gasteiger partial charge >= 0.3 is 6.09 Å². The Labute approximate surface area is 101 Å². The van der Waals surface area contributed by atoms with E-state index in [4.69, 9.17) is 4.74 Å². The predicted molar refractivity (Wildman–Crippen MR) is 61.4 cm³/mol. The Morgan fingerprint density at radius 1 is 1.41 bits per heavy atom. The molecule has 5 nitrogen and oxygen atoms in total. The number of likely N-dealkylation sites (tertiary alicyclic amines) is 1. The molecule has 0 aromatic carbocycles. The minimum Gasteiger partial charge on any atom is -0.443 e. The fourth-order valence-corrected chi connectivity index (χ4v) is 1.76. The zero-order valence-electron chi connectivity index (χ0n) is 10.8. The summed E-state index contributed by atoms with van der Waals surface area (Å²) >= 11 is 0. The van der Waals surface area contributed by atoms with Gasteiger partial charge in [-0.2, -0.15) is 0 Å². The summed E-state index contributed by atoms with van der Waals surface area (Å²) in [7, 11) is 0. The summed E-state index contributed by atoms with van der Waals surface area (Å²) in [5, 5.41) is 0. The normalized spacial score (nSPS) is 20.6. The number of carbonyl (C=O) groups is 3. The van der Waals surface area contributed by atoms with Crippen LogP contribution in [0.2, 0.25) is 0 Å². The van der Waals surface area contributed by atoms with Crippen molar-refractivity contribution in [3.63, 3.8) is 0 Å². The van der Waals surface area contributed by atoms with Crippen molar-refractivity contribution in [1.82, 2.24) is 4.90 Å². The second-order valence-corrected chi connectivity index (χ2v) is 5.12. The van der Waals surface area contributed by atoms with Gasteiger partial charge in [-0.3, -0.25) is 9.59 Å². The molecule has 5 heteroatoms. The molecule has 1 aliphatic rings. The molecule has 0 N–H and O–H groups in total. The van der Waals surface area contributed by atoms with E-state index in [0.29, 0.717) is 12.8 Å². The first-order valence-electron chi connectivity index (χ1n) is 5.84. The number of ketones is 1. The van der Waals surface area contributed by atoms with Crippen LogP contribution < -0.4 is 0 Å². The molecule has 0 saturated carbocycles. The van der Waals surface area contributed by atoms with Crippen LogP contribution in [0.25, 0.3) is 0 Å². The number of ether oxygens (including phenoxy) is 1. The molecule has 1 rings (SSSR count). The molecule has 0 aromatic rings. The smallest absolute Gasteiger partial charge is 0.417 e. The first-order valence-corrected chi connectivity index (χ1v) is 5.84. The number of amides is 2. The van der Waals surface area contributed by atoms with Crippen LogP contribution in [0.4, 0.5) is 4.79 Å². The summed E-state index contributed by atoms with van der Waals surface area (Å²) < 4.78 is 5.13. The van der Waals surface area contributed by atoms with Gasteiger partial charge < -0.3 is 4.74 Å². The van der Waals surface area contributed by atoms with Crippen molar-refractivity contribution in [1.29, 1.82) is 0 Å². The van der Waals surface area contributed by atoms with E-state index in [1.807, 2.05) is 0 Å². The molecule has 17 heavy (non-hydrogen) atoms. The topological polar surface area (TPSA) is 63.7 Å². The molecule has 0 radical (unpaired) electrons. The van der Waals surface area contributed by atoms with Crippen LogP contribution >= 0.6 is 0 Å². The third kappa shape index (κ3) is 3.28. The van der Waals surface area contributed by atoms with Crippen molar-refractivity contribution in [2.45, 2.75) is 58.6 Å². The fraction of sp³-hybridized carbons (Fsp3) is 0.750. The van der Waals surface area contributed by atoms with Crippen molar-refractivity contribution >= 4 is 17.8 Å². The highest BCUT2D eigenvalue weighted by atomic mass is 16.6. The van der Waals surface area contributed by atoms with Crippen LogP contribution in [0.5, 0.6) is 0 Å². The lowest BCUT2D eigenvalue weighted by Gasteiger charge is -2.26. The molecule has 96 valence electrons. The molecule has 0 aliphatic carbocycles. The summed E-state index contributed by atoms with van der Waals surface area (Å²) in [6, 6.07) is -0.637. The maximum Gasteiger partial charge on any atom is 0.417 e. The molecule has 1 aliphatic heterocycles. The zero-order chi connectivity index (χ0) is 13.2. The molecule has 0 bridgehead atoms. The Balaban J connectivity index is 2.81. The van der Waals surface area contributed by atoms with E-state index in [9.17, 15) is 14.4 Å². The number of rotatable bonds is 2. The summed E-state index contributed by atoms with van der Waals surface area (Å²) in [4.78, 5) is 36.0. The van der Waals surface area contributed by atoms with Crippen molar-refractivity contribution in [3.05, 3.63) is 0 Å². The predicted octanol–water partition coefficient (Wildman–Crippen LogP) is 1.89. The van der Waals surface area contributed by atoms with Gasteiger partial charge in [0, 0.05) is 12.8 Å². The van der Waals surface area contributed by atoms with Gasteiger partial charge in [0.05, 0.1) is 0 Å². The molecule has 2 amide bonds. The number of hydrogen-bond acceptors (Lipinski definition) is 4. The van der Waals surface area contributed by atoms with E-state index in [0.717, 1.165) is 4.90 Å². The number of Topliss-reactive ketones (excluding diaryl/α,β-unsaturated/α-hetero) is 1. The van der Waals surface area contributed by atoms with Gasteiger partial charge in [0.1, 0.15) is 11.6 Å². The summed E-state index contributed by atoms with van der Waals surface area (Å²) in [5.41, 5.74) is -0.667. The molecule has 1 heterocycles. The molecule has 0 aromatic heterocycles. The summed E-state index contributed by atoms with van der Waals surface area (Å²) in [6.07, 6.45) is 0.240. The molecular weight excluding hydrogens is 222 g/mol. The van der Waals surface area contributed by atoms with Crippen molar-refractivity contribution in [3.8, 4) is 0 Å². The Bertz CT molecular complexity index is 343. The average molecular weight is 241 g/mol. The third-order valence-corrected chi connectivity index (χ3v) is 2.52. The SMILES string of the molecule is CCC(=O)C1CCC(=O)N1C(=O)OC(C)(C)C. The highest BCUT2D eigenvalue weighted by Gasteiger charge is 2.41. The van der Waals surface area contributed by atoms with E-state index in [1.165, 1.54) is 0 Å². The van der Waals surface area contributed by atoms with Gasteiger partial charge in [0.2, 0.25) is 5.91 Å². The molecule has 1 atom stereocenters. The average Bonchev–Trinajstić information content (AvgIpc) is 2.56. The lowest BCUT2D eigenvalue weighted by molar-refractivity contribution is -0.133. The first kappa shape index (κ1) is 13.7. The second-order valence-electron chi connectivity index (χ2n) is 5.12. The Morgan fingerprint density at radius 2 is 2.00 bits per heavy atom. The number of imide groups is 1. The van der Waals surface area contributed by atoms with Gasteiger partial charge in [0.25, 0.3) is 0 Å². The van der Waals surface area contributed by atoms with Crippen molar-refractivity contribution in [2.24, 2.45) is 0 Å². The van der Waals surface area contributed by atoms with Crippen LogP contribution in [0.1, 0.15) is 47.0 Å². The van der Waals surface area contributed by atoms with Gasteiger partial charge in [-0.15, -0.1) is 0 Å². The van der Waals surface area contributed by atoms with E-state index in [1.54, 1.807) is 27.7 Å².